The van der Waals surface area contributed by atoms with Crippen molar-refractivity contribution in [2.75, 3.05) is 13.7 Å². The monoisotopic (exact) mass is 240 g/mol. The van der Waals surface area contributed by atoms with Gasteiger partial charge in [0, 0.05) is 5.56 Å². The van der Waals surface area contributed by atoms with Crippen LogP contribution >= 0.6 is 11.6 Å². The number of benzene rings is 1. The molecule has 0 aliphatic heterocycles. The van der Waals surface area contributed by atoms with Gasteiger partial charge in [0.15, 0.2) is 0 Å². The number of methoxy groups -OCH3 is 1. The Morgan fingerprint density at radius 2 is 2.19 bits per heavy atom. The number of ether oxygens (including phenoxy) is 2. The van der Waals surface area contributed by atoms with Crippen LogP contribution in [-0.4, -0.2) is 13.7 Å². The Bertz CT molecular complexity index is 348. The summed E-state index contributed by atoms with van der Waals surface area (Å²) in [5.41, 5.74) is 1.00. The normalized spacial score (nSPS) is 15.6. The third-order valence-electron chi connectivity index (χ3n) is 3.11. The Morgan fingerprint density at radius 3 is 2.75 bits per heavy atom. The largest absolute Gasteiger partial charge is 0.497 e. The highest BCUT2D eigenvalue weighted by atomic mass is 35.5. The molecule has 0 spiro atoms. The first kappa shape index (κ1) is 11.6. The minimum absolute atomic E-state index is 0.456. The van der Waals surface area contributed by atoms with Gasteiger partial charge in [0.25, 0.3) is 0 Å². The molecule has 0 aromatic heterocycles. The molecule has 1 aliphatic rings. The summed E-state index contributed by atoms with van der Waals surface area (Å²) < 4.78 is 10.9. The van der Waals surface area contributed by atoms with Crippen molar-refractivity contribution >= 4 is 11.6 Å². The van der Waals surface area contributed by atoms with Crippen LogP contribution in [0, 0.1) is 5.92 Å². The highest BCUT2D eigenvalue weighted by molar-refractivity contribution is 6.17. The fraction of sp³-hybridized carbons (Fsp3) is 0.538. The van der Waals surface area contributed by atoms with E-state index >= 15 is 0 Å². The molecule has 0 atom stereocenters. The average molecular weight is 241 g/mol. The molecule has 2 nitrogen and oxygen atoms in total. The maximum Gasteiger partial charge on any atom is 0.123 e. The van der Waals surface area contributed by atoms with Gasteiger partial charge in [-0.2, -0.15) is 0 Å². The lowest BCUT2D eigenvalue weighted by atomic mass is 9.86. The summed E-state index contributed by atoms with van der Waals surface area (Å²) in [6.45, 7) is 0.816. The van der Waals surface area contributed by atoms with Gasteiger partial charge in [-0.1, -0.05) is 6.42 Å². The third kappa shape index (κ3) is 2.62. The predicted molar refractivity (Wildman–Crippen MR) is 65.4 cm³/mol. The van der Waals surface area contributed by atoms with Crippen molar-refractivity contribution in [1.82, 2.24) is 0 Å². The predicted octanol–water partition coefficient (Wildman–Crippen LogP) is 3.61. The minimum atomic E-state index is 0.456. The Kier molecular flexibility index (Phi) is 3.94. The first-order chi connectivity index (χ1) is 7.83. The summed E-state index contributed by atoms with van der Waals surface area (Å²) in [6, 6.07) is 5.78. The Labute approximate surface area is 102 Å². The second-order valence-corrected chi connectivity index (χ2v) is 4.48. The summed E-state index contributed by atoms with van der Waals surface area (Å²) in [4.78, 5) is 0. The van der Waals surface area contributed by atoms with Crippen LogP contribution in [-0.2, 0) is 5.88 Å². The molecule has 1 saturated carbocycles. The summed E-state index contributed by atoms with van der Waals surface area (Å²) in [5, 5.41) is 0. The number of hydrogen-bond donors (Lipinski definition) is 0. The number of hydrogen-bond acceptors (Lipinski definition) is 2. The molecule has 1 aliphatic carbocycles. The van der Waals surface area contributed by atoms with Gasteiger partial charge in [-0.15, -0.1) is 11.6 Å². The standard InChI is InChI=1S/C13H17ClO2/c1-15-12-5-6-13(11(7-12)8-14)16-9-10-3-2-4-10/h5-7,10H,2-4,8-9H2,1H3. The van der Waals surface area contributed by atoms with Crippen molar-refractivity contribution in [2.45, 2.75) is 25.1 Å². The van der Waals surface area contributed by atoms with E-state index in [1.165, 1.54) is 19.3 Å². The number of rotatable bonds is 5. The van der Waals surface area contributed by atoms with Gasteiger partial charge < -0.3 is 9.47 Å². The molecule has 0 amide bonds. The molecule has 3 heteroatoms. The quantitative estimate of drug-likeness (QED) is 0.732. The summed E-state index contributed by atoms with van der Waals surface area (Å²) >= 11 is 5.89. The molecular formula is C13H17ClO2. The molecule has 88 valence electrons. The molecule has 1 aromatic rings. The van der Waals surface area contributed by atoms with Gasteiger partial charge in [0.1, 0.15) is 11.5 Å². The second-order valence-electron chi connectivity index (χ2n) is 4.22. The second kappa shape index (κ2) is 5.44. The van der Waals surface area contributed by atoms with Crippen LogP contribution in [0.5, 0.6) is 11.5 Å². The van der Waals surface area contributed by atoms with E-state index in [4.69, 9.17) is 21.1 Å². The van der Waals surface area contributed by atoms with Gasteiger partial charge in [-0.05, 0) is 37.0 Å². The lowest BCUT2D eigenvalue weighted by Gasteiger charge is -2.25. The highest BCUT2D eigenvalue weighted by Crippen LogP contribution is 2.30. The van der Waals surface area contributed by atoms with E-state index in [1.807, 2.05) is 18.2 Å². The molecule has 0 N–H and O–H groups in total. The van der Waals surface area contributed by atoms with Crippen molar-refractivity contribution < 1.29 is 9.47 Å². The summed E-state index contributed by atoms with van der Waals surface area (Å²) in [7, 11) is 1.65. The fourth-order valence-corrected chi connectivity index (χ4v) is 2.00. The van der Waals surface area contributed by atoms with Crippen molar-refractivity contribution in [1.29, 1.82) is 0 Å². The van der Waals surface area contributed by atoms with Gasteiger partial charge in [0.05, 0.1) is 19.6 Å². The van der Waals surface area contributed by atoms with Crippen LogP contribution in [0.2, 0.25) is 0 Å². The third-order valence-corrected chi connectivity index (χ3v) is 3.40. The van der Waals surface area contributed by atoms with E-state index in [-0.39, 0.29) is 0 Å². The maximum absolute atomic E-state index is 5.89. The van der Waals surface area contributed by atoms with Crippen molar-refractivity contribution in [3.8, 4) is 11.5 Å². The molecule has 0 bridgehead atoms. The number of alkyl halides is 1. The zero-order valence-corrected chi connectivity index (χ0v) is 10.3. The smallest absolute Gasteiger partial charge is 0.123 e. The SMILES string of the molecule is COc1ccc(OCC2CCC2)c(CCl)c1. The molecule has 0 saturated heterocycles. The van der Waals surface area contributed by atoms with Crippen LogP contribution < -0.4 is 9.47 Å². The van der Waals surface area contributed by atoms with Crippen LogP contribution in [0.25, 0.3) is 0 Å². The Hall–Kier alpha value is -0.890. The number of halogens is 1. The van der Waals surface area contributed by atoms with Gasteiger partial charge in [-0.3, -0.25) is 0 Å². The zero-order chi connectivity index (χ0) is 11.4. The zero-order valence-electron chi connectivity index (χ0n) is 9.54. The van der Waals surface area contributed by atoms with E-state index < -0.39 is 0 Å². The Morgan fingerprint density at radius 1 is 1.38 bits per heavy atom. The van der Waals surface area contributed by atoms with Crippen LogP contribution in [0.4, 0.5) is 0 Å². The Balaban J connectivity index is 2.00. The topological polar surface area (TPSA) is 18.5 Å². The van der Waals surface area contributed by atoms with E-state index in [0.717, 1.165) is 29.6 Å². The first-order valence-corrected chi connectivity index (χ1v) is 6.22. The van der Waals surface area contributed by atoms with Crippen LogP contribution in [0.1, 0.15) is 24.8 Å². The fourth-order valence-electron chi connectivity index (χ4n) is 1.80. The van der Waals surface area contributed by atoms with Gasteiger partial charge in [0.2, 0.25) is 0 Å². The lowest BCUT2D eigenvalue weighted by Crippen LogP contribution is -2.19. The average Bonchev–Trinajstić information content (AvgIpc) is 2.27. The molecular weight excluding hydrogens is 224 g/mol. The highest BCUT2D eigenvalue weighted by Gasteiger charge is 2.18. The molecule has 16 heavy (non-hydrogen) atoms. The maximum atomic E-state index is 5.89. The first-order valence-electron chi connectivity index (χ1n) is 5.69. The molecule has 1 aromatic carbocycles. The van der Waals surface area contributed by atoms with Crippen LogP contribution in [0.3, 0.4) is 0 Å². The minimum Gasteiger partial charge on any atom is -0.497 e. The summed E-state index contributed by atoms with van der Waals surface area (Å²) in [6.07, 6.45) is 3.94. The molecule has 2 rings (SSSR count). The van der Waals surface area contributed by atoms with Crippen molar-refractivity contribution in [3.63, 3.8) is 0 Å². The van der Waals surface area contributed by atoms with Crippen molar-refractivity contribution in [3.05, 3.63) is 23.8 Å². The van der Waals surface area contributed by atoms with Crippen molar-refractivity contribution in [2.24, 2.45) is 5.92 Å². The molecule has 0 unspecified atom stereocenters. The van der Waals surface area contributed by atoms with Crippen LogP contribution in [0.15, 0.2) is 18.2 Å². The van der Waals surface area contributed by atoms with E-state index in [1.54, 1.807) is 7.11 Å². The molecule has 1 fully saturated rings. The van der Waals surface area contributed by atoms with E-state index in [9.17, 15) is 0 Å². The lowest BCUT2D eigenvalue weighted by molar-refractivity contribution is 0.179. The summed E-state index contributed by atoms with van der Waals surface area (Å²) in [5.74, 6) is 2.91. The van der Waals surface area contributed by atoms with Gasteiger partial charge >= 0.3 is 0 Å². The molecule has 0 radical (unpaired) electrons. The van der Waals surface area contributed by atoms with E-state index in [2.05, 4.69) is 0 Å². The molecule has 0 heterocycles. The van der Waals surface area contributed by atoms with E-state index in [0.29, 0.717) is 5.88 Å². The van der Waals surface area contributed by atoms with Gasteiger partial charge in [-0.25, -0.2) is 0 Å².